The second-order valence-electron chi connectivity index (χ2n) is 4.61. The van der Waals surface area contributed by atoms with Crippen LogP contribution in [0, 0.1) is 6.92 Å². The van der Waals surface area contributed by atoms with Gasteiger partial charge in [0.25, 0.3) is 0 Å². The molecule has 0 amide bonds. The van der Waals surface area contributed by atoms with Crippen LogP contribution in [0.15, 0.2) is 42.9 Å². The van der Waals surface area contributed by atoms with Crippen LogP contribution in [0.25, 0.3) is 0 Å². The molecule has 7 nitrogen and oxygen atoms in total. The Balaban J connectivity index is 1.65. The van der Waals surface area contributed by atoms with Crippen molar-refractivity contribution in [3.05, 3.63) is 54.1 Å². The van der Waals surface area contributed by atoms with E-state index in [9.17, 15) is 0 Å². The average molecular weight is 281 g/mol. The molecule has 0 bridgehead atoms. The lowest BCUT2D eigenvalue weighted by molar-refractivity contribution is 0.995. The average Bonchev–Trinajstić information content (AvgIpc) is 2.92. The lowest BCUT2D eigenvalue weighted by Crippen LogP contribution is -2.03. The summed E-state index contributed by atoms with van der Waals surface area (Å²) in [6.07, 6.45) is 5.22. The molecule has 106 valence electrons. The monoisotopic (exact) mass is 281 g/mol. The molecule has 0 aliphatic carbocycles. The minimum absolute atomic E-state index is 0.646. The highest BCUT2D eigenvalue weighted by molar-refractivity contribution is 5.58. The topological polar surface area (TPSA) is 91.4 Å². The molecule has 7 heteroatoms. The van der Waals surface area contributed by atoms with Crippen molar-refractivity contribution in [1.29, 1.82) is 0 Å². The summed E-state index contributed by atoms with van der Waals surface area (Å²) in [4.78, 5) is 4.07. The minimum atomic E-state index is 0.646. The van der Waals surface area contributed by atoms with Crippen LogP contribution in [0.2, 0.25) is 0 Å². The summed E-state index contributed by atoms with van der Waals surface area (Å²) in [7, 11) is 0. The number of nitrogens with zero attached hydrogens (tertiary/aromatic N) is 4. The van der Waals surface area contributed by atoms with E-state index in [1.54, 1.807) is 12.4 Å². The van der Waals surface area contributed by atoms with E-state index in [2.05, 4.69) is 36.0 Å². The SMILES string of the molecule is Cc1cc(Nc2cnnc(NCc3cccnc3)c2)n[nH]1. The molecule has 3 heterocycles. The molecule has 3 rings (SSSR count). The van der Waals surface area contributed by atoms with E-state index in [4.69, 9.17) is 0 Å². The Bertz CT molecular complexity index is 708. The number of anilines is 3. The van der Waals surface area contributed by atoms with Gasteiger partial charge in [-0.05, 0) is 18.6 Å². The van der Waals surface area contributed by atoms with Crippen LogP contribution in [-0.4, -0.2) is 25.4 Å². The van der Waals surface area contributed by atoms with Crippen molar-refractivity contribution in [3.63, 3.8) is 0 Å². The quantitative estimate of drug-likeness (QED) is 0.664. The van der Waals surface area contributed by atoms with Gasteiger partial charge < -0.3 is 10.6 Å². The predicted octanol–water partition coefficient (Wildman–Crippen LogP) is 2.26. The molecule has 3 aromatic heterocycles. The van der Waals surface area contributed by atoms with Crippen molar-refractivity contribution in [2.45, 2.75) is 13.5 Å². The third kappa shape index (κ3) is 3.53. The molecule has 3 aromatic rings. The molecule has 0 radical (unpaired) electrons. The van der Waals surface area contributed by atoms with E-state index >= 15 is 0 Å². The molecule has 0 aromatic carbocycles. The first-order valence-electron chi connectivity index (χ1n) is 6.54. The van der Waals surface area contributed by atoms with Crippen molar-refractivity contribution in [2.75, 3.05) is 10.6 Å². The number of aromatic nitrogens is 5. The van der Waals surface area contributed by atoms with Gasteiger partial charge in [0, 0.05) is 36.8 Å². The van der Waals surface area contributed by atoms with Gasteiger partial charge in [-0.2, -0.15) is 10.2 Å². The molecule has 0 aliphatic heterocycles. The molecule has 0 aliphatic rings. The number of pyridine rings is 1. The maximum absolute atomic E-state index is 4.12. The zero-order valence-corrected chi connectivity index (χ0v) is 11.5. The lowest BCUT2D eigenvalue weighted by Gasteiger charge is -2.07. The molecular formula is C14H15N7. The normalized spacial score (nSPS) is 10.3. The Labute approximate surface area is 121 Å². The maximum Gasteiger partial charge on any atom is 0.152 e. The largest absolute Gasteiger partial charge is 0.364 e. The van der Waals surface area contributed by atoms with E-state index < -0.39 is 0 Å². The Morgan fingerprint density at radius 1 is 1.19 bits per heavy atom. The number of hydrogen-bond acceptors (Lipinski definition) is 6. The highest BCUT2D eigenvalue weighted by Crippen LogP contribution is 2.16. The van der Waals surface area contributed by atoms with E-state index in [-0.39, 0.29) is 0 Å². The van der Waals surface area contributed by atoms with Crippen LogP contribution in [0.5, 0.6) is 0 Å². The van der Waals surface area contributed by atoms with Gasteiger partial charge in [-0.15, -0.1) is 5.10 Å². The van der Waals surface area contributed by atoms with Gasteiger partial charge in [0.05, 0.1) is 11.9 Å². The van der Waals surface area contributed by atoms with Gasteiger partial charge in [-0.25, -0.2) is 0 Å². The summed E-state index contributed by atoms with van der Waals surface area (Å²) in [5, 5.41) is 21.4. The first kappa shape index (κ1) is 13.0. The summed E-state index contributed by atoms with van der Waals surface area (Å²) < 4.78 is 0. The molecule has 0 atom stereocenters. The predicted molar refractivity (Wildman–Crippen MR) is 80.2 cm³/mol. The first-order chi connectivity index (χ1) is 10.3. The van der Waals surface area contributed by atoms with Crippen LogP contribution in [-0.2, 0) is 6.54 Å². The Morgan fingerprint density at radius 2 is 2.14 bits per heavy atom. The van der Waals surface area contributed by atoms with Crippen molar-refractivity contribution in [2.24, 2.45) is 0 Å². The summed E-state index contributed by atoms with van der Waals surface area (Å²) in [6, 6.07) is 7.71. The fourth-order valence-corrected chi connectivity index (χ4v) is 1.85. The highest BCUT2D eigenvalue weighted by atomic mass is 15.2. The lowest BCUT2D eigenvalue weighted by atomic mass is 10.3. The van der Waals surface area contributed by atoms with Gasteiger partial charge in [0.2, 0.25) is 0 Å². The summed E-state index contributed by atoms with van der Waals surface area (Å²) >= 11 is 0. The zero-order valence-electron chi connectivity index (χ0n) is 11.5. The summed E-state index contributed by atoms with van der Waals surface area (Å²) in [6.45, 7) is 2.59. The van der Waals surface area contributed by atoms with Crippen molar-refractivity contribution >= 4 is 17.3 Å². The number of hydrogen-bond donors (Lipinski definition) is 3. The van der Waals surface area contributed by atoms with E-state index in [0.29, 0.717) is 12.4 Å². The number of aromatic amines is 1. The third-order valence-electron chi connectivity index (χ3n) is 2.83. The number of rotatable bonds is 5. The molecule has 0 fully saturated rings. The number of aryl methyl sites for hydroxylation is 1. The fraction of sp³-hybridized carbons (Fsp3) is 0.143. The van der Waals surface area contributed by atoms with Gasteiger partial charge in [0.1, 0.15) is 0 Å². The van der Waals surface area contributed by atoms with Gasteiger partial charge >= 0.3 is 0 Å². The molecule has 0 saturated carbocycles. The van der Waals surface area contributed by atoms with Crippen LogP contribution in [0.1, 0.15) is 11.3 Å². The summed E-state index contributed by atoms with van der Waals surface area (Å²) in [5.74, 6) is 1.44. The maximum atomic E-state index is 4.12. The first-order valence-corrected chi connectivity index (χ1v) is 6.54. The number of H-pyrrole nitrogens is 1. The fourth-order valence-electron chi connectivity index (χ4n) is 1.85. The molecule has 3 N–H and O–H groups in total. The van der Waals surface area contributed by atoms with E-state index in [1.807, 2.05) is 37.4 Å². The van der Waals surface area contributed by atoms with Gasteiger partial charge in [-0.1, -0.05) is 6.07 Å². The van der Waals surface area contributed by atoms with Gasteiger partial charge in [0.15, 0.2) is 11.6 Å². The van der Waals surface area contributed by atoms with Crippen LogP contribution in [0.3, 0.4) is 0 Å². The second-order valence-corrected chi connectivity index (χ2v) is 4.61. The third-order valence-corrected chi connectivity index (χ3v) is 2.83. The molecule has 0 spiro atoms. The van der Waals surface area contributed by atoms with Crippen molar-refractivity contribution < 1.29 is 0 Å². The van der Waals surface area contributed by atoms with Crippen molar-refractivity contribution in [3.8, 4) is 0 Å². The standard InChI is InChI=1S/C14H15N7/c1-10-5-14(21-19-10)18-12-6-13(20-17-9-12)16-8-11-3-2-4-15-7-11/h2-7,9H,8H2,1H3,(H3,16,18,19,20,21). The zero-order chi connectivity index (χ0) is 14.5. The minimum Gasteiger partial charge on any atom is -0.364 e. The molecule has 0 unspecified atom stereocenters. The van der Waals surface area contributed by atoms with E-state index in [0.717, 1.165) is 22.8 Å². The van der Waals surface area contributed by atoms with Crippen molar-refractivity contribution in [1.82, 2.24) is 25.4 Å². The highest BCUT2D eigenvalue weighted by Gasteiger charge is 2.02. The second kappa shape index (κ2) is 6.00. The van der Waals surface area contributed by atoms with Crippen LogP contribution >= 0.6 is 0 Å². The van der Waals surface area contributed by atoms with Gasteiger partial charge in [-0.3, -0.25) is 10.1 Å². The Kier molecular flexibility index (Phi) is 3.72. The molecule has 21 heavy (non-hydrogen) atoms. The number of nitrogens with one attached hydrogen (secondary N) is 3. The Morgan fingerprint density at radius 3 is 2.90 bits per heavy atom. The molecule has 0 saturated heterocycles. The smallest absolute Gasteiger partial charge is 0.152 e. The molecular weight excluding hydrogens is 266 g/mol. The van der Waals surface area contributed by atoms with Crippen LogP contribution < -0.4 is 10.6 Å². The summed E-state index contributed by atoms with van der Waals surface area (Å²) in [5.41, 5.74) is 2.90. The van der Waals surface area contributed by atoms with Crippen LogP contribution in [0.4, 0.5) is 17.3 Å². The Hall–Kier alpha value is -2.96. The van der Waals surface area contributed by atoms with E-state index in [1.165, 1.54) is 0 Å².